The molecule has 0 spiro atoms. The maximum atomic E-state index is 12.4. The lowest BCUT2D eigenvalue weighted by Gasteiger charge is -2.13. The van der Waals surface area contributed by atoms with Crippen molar-refractivity contribution >= 4 is 21.6 Å². The van der Waals surface area contributed by atoms with Gasteiger partial charge in [0.1, 0.15) is 0 Å². The first-order valence-corrected chi connectivity index (χ1v) is 9.23. The van der Waals surface area contributed by atoms with E-state index in [2.05, 4.69) is 10.0 Å². The van der Waals surface area contributed by atoms with E-state index in [1.54, 1.807) is 6.07 Å². The van der Waals surface area contributed by atoms with E-state index in [1.165, 1.54) is 18.9 Å². The van der Waals surface area contributed by atoms with E-state index in [4.69, 9.17) is 11.6 Å². The summed E-state index contributed by atoms with van der Waals surface area (Å²) >= 11 is 6.05. The molecule has 0 bridgehead atoms. The Bertz CT molecular complexity index is 598. The molecule has 1 aliphatic carbocycles. The molecule has 1 saturated carbocycles. The van der Waals surface area contributed by atoms with Crippen molar-refractivity contribution in [3.8, 4) is 0 Å². The van der Waals surface area contributed by atoms with Gasteiger partial charge in [-0.1, -0.05) is 24.4 Å². The Kier molecular flexibility index (Phi) is 5.66. The molecule has 2 N–H and O–H groups in total. The summed E-state index contributed by atoms with van der Waals surface area (Å²) in [5, 5.41) is 3.48. The minimum Gasteiger partial charge on any atom is -0.316 e. The summed E-state index contributed by atoms with van der Waals surface area (Å²) in [5.74, 6) is 0.824. The molecule has 118 valence electrons. The molecule has 1 fully saturated rings. The highest BCUT2D eigenvalue weighted by atomic mass is 35.5. The lowest BCUT2D eigenvalue weighted by molar-refractivity contribution is 0.571. The largest absolute Gasteiger partial charge is 0.316 e. The number of rotatable bonds is 8. The molecule has 4 nitrogen and oxygen atoms in total. The van der Waals surface area contributed by atoms with Gasteiger partial charge >= 0.3 is 0 Å². The molecular weight excluding hydrogens is 308 g/mol. The van der Waals surface area contributed by atoms with E-state index >= 15 is 0 Å². The summed E-state index contributed by atoms with van der Waals surface area (Å²) in [5.41, 5.74) is 1.66. The van der Waals surface area contributed by atoms with E-state index in [0.29, 0.717) is 18.1 Å². The lowest BCUT2D eigenvalue weighted by Crippen LogP contribution is -2.26. The molecular formula is C15H23ClN2O2S. The van der Waals surface area contributed by atoms with Crippen LogP contribution in [0.4, 0.5) is 0 Å². The number of sulfonamides is 1. The van der Waals surface area contributed by atoms with Crippen molar-refractivity contribution in [3.05, 3.63) is 28.3 Å². The molecule has 0 radical (unpaired) electrons. The average molecular weight is 331 g/mol. The molecule has 0 unspecified atom stereocenters. The normalized spacial score (nSPS) is 15.4. The Morgan fingerprint density at radius 1 is 1.33 bits per heavy atom. The fourth-order valence-electron chi connectivity index (χ4n) is 2.44. The van der Waals surface area contributed by atoms with Crippen LogP contribution in [0.3, 0.4) is 0 Å². The smallest absolute Gasteiger partial charge is 0.240 e. The Hall–Kier alpha value is -0.620. The highest BCUT2D eigenvalue weighted by Gasteiger charge is 2.22. The first-order chi connectivity index (χ1) is 9.94. The van der Waals surface area contributed by atoms with Crippen LogP contribution in [0.2, 0.25) is 5.02 Å². The maximum Gasteiger partial charge on any atom is 0.240 e. The summed E-state index contributed by atoms with van der Waals surface area (Å²) in [7, 11) is -1.67. The fourth-order valence-corrected chi connectivity index (χ4v) is 4.13. The second-order valence-corrected chi connectivity index (χ2v) is 7.87. The van der Waals surface area contributed by atoms with Gasteiger partial charge in [-0.2, -0.15) is 0 Å². The van der Waals surface area contributed by atoms with E-state index < -0.39 is 10.0 Å². The van der Waals surface area contributed by atoms with Crippen molar-refractivity contribution < 1.29 is 8.42 Å². The summed E-state index contributed by atoms with van der Waals surface area (Å²) in [6.45, 7) is 2.91. The zero-order valence-electron chi connectivity index (χ0n) is 12.6. The Morgan fingerprint density at radius 2 is 2.05 bits per heavy atom. The van der Waals surface area contributed by atoms with Gasteiger partial charge in [0.05, 0.1) is 4.90 Å². The van der Waals surface area contributed by atoms with Crippen LogP contribution in [-0.2, 0) is 16.6 Å². The van der Waals surface area contributed by atoms with Crippen molar-refractivity contribution in [2.45, 2.75) is 44.0 Å². The minimum atomic E-state index is -3.49. The molecule has 0 aromatic heterocycles. The Balaban J connectivity index is 2.09. The van der Waals surface area contributed by atoms with Gasteiger partial charge in [0.25, 0.3) is 0 Å². The lowest BCUT2D eigenvalue weighted by atomic mass is 10.1. The fraction of sp³-hybridized carbons (Fsp3) is 0.600. The van der Waals surface area contributed by atoms with Crippen LogP contribution in [-0.4, -0.2) is 22.0 Å². The number of nitrogens with one attached hydrogen (secondary N) is 2. The van der Waals surface area contributed by atoms with Gasteiger partial charge in [-0.05, 0) is 56.0 Å². The number of hydrogen-bond acceptors (Lipinski definition) is 3. The van der Waals surface area contributed by atoms with Gasteiger partial charge in [-0.3, -0.25) is 0 Å². The van der Waals surface area contributed by atoms with Crippen LogP contribution < -0.4 is 10.0 Å². The van der Waals surface area contributed by atoms with Crippen molar-refractivity contribution in [1.29, 1.82) is 0 Å². The molecule has 0 atom stereocenters. The summed E-state index contributed by atoms with van der Waals surface area (Å²) < 4.78 is 27.6. The van der Waals surface area contributed by atoms with Crippen LogP contribution in [0.25, 0.3) is 0 Å². The zero-order chi connectivity index (χ0) is 15.5. The quantitative estimate of drug-likeness (QED) is 0.721. The van der Waals surface area contributed by atoms with Crippen molar-refractivity contribution in [1.82, 2.24) is 10.0 Å². The molecule has 0 saturated heterocycles. The number of halogens is 1. The van der Waals surface area contributed by atoms with Gasteiger partial charge in [-0.15, -0.1) is 0 Å². The van der Waals surface area contributed by atoms with E-state index in [1.807, 2.05) is 14.0 Å². The third-order valence-electron chi connectivity index (χ3n) is 3.87. The number of benzene rings is 1. The van der Waals surface area contributed by atoms with Crippen LogP contribution in [0.5, 0.6) is 0 Å². The third kappa shape index (κ3) is 4.68. The Labute approximate surface area is 132 Å². The second kappa shape index (κ2) is 7.09. The van der Waals surface area contributed by atoms with Crippen molar-refractivity contribution in [2.75, 3.05) is 13.6 Å². The minimum absolute atomic E-state index is 0.284. The number of hydrogen-bond donors (Lipinski definition) is 2. The maximum absolute atomic E-state index is 12.4. The molecule has 1 aromatic rings. The second-order valence-electron chi connectivity index (χ2n) is 5.70. The molecule has 21 heavy (non-hydrogen) atoms. The molecule has 1 aromatic carbocycles. The molecule has 0 amide bonds. The van der Waals surface area contributed by atoms with E-state index in [9.17, 15) is 8.42 Å². The first-order valence-electron chi connectivity index (χ1n) is 7.37. The topological polar surface area (TPSA) is 58.2 Å². The van der Waals surface area contributed by atoms with Crippen molar-refractivity contribution in [3.63, 3.8) is 0 Å². The van der Waals surface area contributed by atoms with Crippen LogP contribution in [0.15, 0.2) is 17.0 Å². The SMILES string of the molecule is CNCc1cc(Cl)cc(S(=O)(=O)NCCCC2CC2)c1C. The van der Waals surface area contributed by atoms with Crippen LogP contribution in [0, 0.1) is 12.8 Å². The zero-order valence-corrected chi connectivity index (χ0v) is 14.1. The van der Waals surface area contributed by atoms with Gasteiger partial charge in [0.2, 0.25) is 10.0 Å². The molecule has 0 heterocycles. The first kappa shape index (κ1) is 16.7. The van der Waals surface area contributed by atoms with E-state index in [-0.39, 0.29) is 4.90 Å². The Morgan fingerprint density at radius 3 is 2.67 bits per heavy atom. The standard InChI is InChI=1S/C15H23ClN2O2S/c1-11-13(10-17-2)8-14(16)9-15(11)21(19,20)18-7-3-4-12-5-6-12/h8-9,12,17-18H,3-7,10H2,1-2H3. The molecule has 0 aliphatic heterocycles. The highest BCUT2D eigenvalue weighted by Crippen LogP contribution is 2.33. The molecule has 2 rings (SSSR count). The van der Waals surface area contributed by atoms with E-state index in [0.717, 1.165) is 29.9 Å². The molecule has 1 aliphatic rings. The van der Waals surface area contributed by atoms with Gasteiger partial charge < -0.3 is 5.32 Å². The van der Waals surface area contributed by atoms with Gasteiger partial charge in [0, 0.05) is 18.1 Å². The van der Waals surface area contributed by atoms with Gasteiger partial charge in [-0.25, -0.2) is 13.1 Å². The van der Waals surface area contributed by atoms with Crippen LogP contribution >= 0.6 is 11.6 Å². The predicted octanol–water partition coefficient (Wildman–Crippen LogP) is 2.84. The summed E-state index contributed by atoms with van der Waals surface area (Å²) in [4.78, 5) is 0.284. The molecule has 6 heteroatoms. The summed E-state index contributed by atoms with van der Waals surface area (Å²) in [6, 6.07) is 3.33. The van der Waals surface area contributed by atoms with Crippen LogP contribution in [0.1, 0.15) is 36.8 Å². The monoisotopic (exact) mass is 330 g/mol. The highest BCUT2D eigenvalue weighted by molar-refractivity contribution is 7.89. The summed E-state index contributed by atoms with van der Waals surface area (Å²) in [6.07, 6.45) is 4.61. The average Bonchev–Trinajstić information content (AvgIpc) is 3.23. The van der Waals surface area contributed by atoms with Gasteiger partial charge in [0.15, 0.2) is 0 Å². The van der Waals surface area contributed by atoms with Crippen molar-refractivity contribution in [2.24, 2.45) is 5.92 Å². The predicted molar refractivity (Wildman–Crippen MR) is 86.1 cm³/mol. The third-order valence-corrected chi connectivity index (χ3v) is 5.67.